The molecule has 0 unspecified atom stereocenters. The van der Waals surface area contributed by atoms with Gasteiger partial charge in [0.15, 0.2) is 0 Å². The Bertz CT molecular complexity index is 705. The van der Waals surface area contributed by atoms with Crippen molar-refractivity contribution in [3.8, 4) is 0 Å². The molecular formula is C23H33N3O3. The van der Waals surface area contributed by atoms with Crippen molar-refractivity contribution in [2.24, 2.45) is 11.8 Å². The van der Waals surface area contributed by atoms with Crippen molar-refractivity contribution in [2.75, 3.05) is 26.2 Å². The molecule has 0 aromatic heterocycles. The highest BCUT2D eigenvalue weighted by atomic mass is 16.2. The van der Waals surface area contributed by atoms with Gasteiger partial charge in [-0.25, -0.2) is 0 Å². The number of benzene rings is 1. The van der Waals surface area contributed by atoms with Crippen LogP contribution in [0.15, 0.2) is 30.3 Å². The van der Waals surface area contributed by atoms with Crippen LogP contribution in [-0.2, 0) is 9.59 Å². The van der Waals surface area contributed by atoms with Crippen molar-refractivity contribution in [1.29, 1.82) is 0 Å². The van der Waals surface area contributed by atoms with Gasteiger partial charge in [-0.05, 0) is 30.9 Å². The van der Waals surface area contributed by atoms with Crippen molar-refractivity contribution < 1.29 is 14.4 Å². The van der Waals surface area contributed by atoms with E-state index in [1.54, 1.807) is 9.80 Å². The van der Waals surface area contributed by atoms with E-state index in [1.807, 2.05) is 44.2 Å². The highest BCUT2D eigenvalue weighted by Gasteiger charge is 2.33. The highest BCUT2D eigenvalue weighted by Crippen LogP contribution is 2.24. The van der Waals surface area contributed by atoms with Crippen LogP contribution in [-0.4, -0.2) is 59.7 Å². The molecule has 1 atom stereocenters. The Kier molecular flexibility index (Phi) is 7.29. The molecule has 0 spiro atoms. The fourth-order valence-corrected chi connectivity index (χ4v) is 4.24. The second-order valence-electron chi connectivity index (χ2n) is 8.55. The average Bonchev–Trinajstić information content (AvgIpc) is 2.77. The van der Waals surface area contributed by atoms with Gasteiger partial charge in [-0.2, -0.15) is 0 Å². The maximum atomic E-state index is 13.1. The van der Waals surface area contributed by atoms with E-state index in [1.165, 1.54) is 6.42 Å². The normalized spacial score (nSPS) is 19.1. The van der Waals surface area contributed by atoms with Crippen molar-refractivity contribution in [3.63, 3.8) is 0 Å². The monoisotopic (exact) mass is 399 g/mol. The lowest BCUT2D eigenvalue weighted by Gasteiger charge is -2.37. The predicted molar refractivity (Wildman–Crippen MR) is 112 cm³/mol. The average molecular weight is 400 g/mol. The van der Waals surface area contributed by atoms with E-state index in [-0.39, 0.29) is 29.6 Å². The topological polar surface area (TPSA) is 69.7 Å². The Hall–Kier alpha value is -2.37. The molecule has 0 bridgehead atoms. The molecule has 3 amide bonds. The molecular weight excluding hydrogens is 366 g/mol. The van der Waals surface area contributed by atoms with Gasteiger partial charge in [-0.3, -0.25) is 14.4 Å². The first-order chi connectivity index (χ1) is 14.0. The maximum absolute atomic E-state index is 13.1. The molecule has 1 N–H and O–H groups in total. The van der Waals surface area contributed by atoms with Gasteiger partial charge in [0.2, 0.25) is 11.8 Å². The lowest BCUT2D eigenvalue weighted by atomic mass is 9.88. The first-order valence-corrected chi connectivity index (χ1v) is 10.9. The minimum absolute atomic E-state index is 0.00344. The SMILES string of the molecule is CC(C)[C@@H](NC(=O)C1CCCCC1)C(=O)N1CCN(C(=O)c2ccccc2)CC1. The van der Waals surface area contributed by atoms with Gasteiger partial charge in [0.05, 0.1) is 0 Å². The van der Waals surface area contributed by atoms with Crippen LogP contribution in [0.25, 0.3) is 0 Å². The van der Waals surface area contributed by atoms with Crippen LogP contribution in [0.1, 0.15) is 56.3 Å². The third kappa shape index (κ3) is 5.37. The molecule has 1 heterocycles. The third-order valence-corrected chi connectivity index (χ3v) is 6.11. The summed E-state index contributed by atoms with van der Waals surface area (Å²) in [4.78, 5) is 42.0. The van der Waals surface area contributed by atoms with Crippen molar-refractivity contribution in [3.05, 3.63) is 35.9 Å². The lowest BCUT2D eigenvalue weighted by molar-refractivity contribution is -0.140. The van der Waals surface area contributed by atoms with Crippen LogP contribution in [0.4, 0.5) is 0 Å². The van der Waals surface area contributed by atoms with Gasteiger partial charge in [0.1, 0.15) is 6.04 Å². The van der Waals surface area contributed by atoms with E-state index in [0.29, 0.717) is 31.7 Å². The zero-order chi connectivity index (χ0) is 20.8. The molecule has 2 aliphatic rings. The number of amides is 3. The first-order valence-electron chi connectivity index (χ1n) is 10.9. The summed E-state index contributed by atoms with van der Waals surface area (Å²) in [6, 6.07) is 8.73. The zero-order valence-electron chi connectivity index (χ0n) is 17.6. The van der Waals surface area contributed by atoms with Crippen LogP contribution >= 0.6 is 0 Å². The molecule has 6 heteroatoms. The summed E-state index contributed by atoms with van der Waals surface area (Å²) in [5, 5.41) is 3.03. The minimum Gasteiger partial charge on any atom is -0.344 e. The Labute approximate surface area is 173 Å². The van der Waals surface area contributed by atoms with Gasteiger partial charge in [-0.15, -0.1) is 0 Å². The summed E-state index contributed by atoms with van der Waals surface area (Å²) >= 11 is 0. The third-order valence-electron chi connectivity index (χ3n) is 6.11. The van der Waals surface area contributed by atoms with Crippen LogP contribution < -0.4 is 5.32 Å². The minimum atomic E-state index is -0.499. The van der Waals surface area contributed by atoms with Crippen LogP contribution in [0.3, 0.4) is 0 Å². The summed E-state index contributed by atoms with van der Waals surface area (Å²) in [5.74, 6) is 0.0616. The number of hydrogen-bond donors (Lipinski definition) is 1. The van der Waals surface area contributed by atoms with Gasteiger partial charge >= 0.3 is 0 Å². The molecule has 0 radical (unpaired) electrons. The summed E-state index contributed by atoms with van der Waals surface area (Å²) in [7, 11) is 0. The number of carbonyl (C=O) groups excluding carboxylic acids is 3. The number of nitrogens with one attached hydrogen (secondary N) is 1. The van der Waals surface area contributed by atoms with Crippen molar-refractivity contribution in [1.82, 2.24) is 15.1 Å². The Morgan fingerprint density at radius 2 is 1.48 bits per heavy atom. The summed E-state index contributed by atoms with van der Waals surface area (Å²) in [6.45, 7) is 5.97. The quantitative estimate of drug-likeness (QED) is 0.828. The van der Waals surface area contributed by atoms with E-state index >= 15 is 0 Å². The lowest BCUT2D eigenvalue weighted by Crippen LogP contribution is -2.57. The number of nitrogens with zero attached hydrogens (tertiary/aromatic N) is 2. The molecule has 1 aliphatic heterocycles. The fourth-order valence-electron chi connectivity index (χ4n) is 4.24. The molecule has 158 valence electrons. The fraction of sp³-hybridized carbons (Fsp3) is 0.609. The number of carbonyl (C=O) groups is 3. The molecule has 2 fully saturated rings. The van der Waals surface area contributed by atoms with Crippen LogP contribution in [0, 0.1) is 11.8 Å². The van der Waals surface area contributed by atoms with Gasteiger partial charge < -0.3 is 15.1 Å². The van der Waals surface area contributed by atoms with Crippen LogP contribution in [0.2, 0.25) is 0 Å². The molecule has 1 aromatic rings. The largest absolute Gasteiger partial charge is 0.344 e. The number of rotatable bonds is 5. The van der Waals surface area contributed by atoms with E-state index in [4.69, 9.17) is 0 Å². The van der Waals surface area contributed by atoms with E-state index in [2.05, 4.69) is 5.32 Å². The summed E-state index contributed by atoms with van der Waals surface area (Å²) in [6.07, 6.45) is 5.23. The van der Waals surface area contributed by atoms with E-state index < -0.39 is 6.04 Å². The second kappa shape index (κ2) is 9.90. The molecule has 1 saturated carbocycles. The first kappa shape index (κ1) is 21.3. The zero-order valence-corrected chi connectivity index (χ0v) is 17.6. The highest BCUT2D eigenvalue weighted by molar-refractivity contribution is 5.94. The smallest absolute Gasteiger partial charge is 0.253 e. The maximum Gasteiger partial charge on any atom is 0.253 e. The molecule has 1 aliphatic carbocycles. The molecule has 3 rings (SSSR count). The van der Waals surface area contributed by atoms with E-state index in [0.717, 1.165) is 25.7 Å². The van der Waals surface area contributed by atoms with Crippen molar-refractivity contribution in [2.45, 2.75) is 52.0 Å². The predicted octanol–water partition coefficient (Wildman–Crippen LogP) is 2.69. The van der Waals surface area contributed by atoms with Gasteiger partial charge in [-0.1, -0.05) is 51.3 Å². The summed E-state index contributed by atoms with van der Waals surface area (Å²) in [5.41, 5.74) is 0.673. The Balaban J connectivity index is 1.55. The Morgan fingerprint density at radius 3 is 2.07 bits per heavy atom. The molecule has 1 saturated heterocycles. The number of hydrogen-bond acceptors (Lipinski definition) is 3. The number of piperazine rings is 1. The van der Waals surface area contributed by atoms with Crippen molar-refractivity contribution >= 4 is 17.7 Å². The molecule has 29 heavy (non-hydrogen) atoms. The second-order valence-corrected chi connectivity index (χ2v) is 8.55. The van der Waals surface area contributed by atoms with E-state index in [9.17, 15) is 14.4 Å². The summed E-state index contributed by atoms with van der Waals surface area (Å²) < 4.78 is 0. The van der Waals surface area contributed by atoms with Crippen LogP contribution in [0.5, 0.6) is 0 Å². The standard InChI is InChI=1S/C23H33N3O3/c1-17(2)20(24-21(27)18-9-5-3-6-10-18)23(29)26-15-13-25(14-16-26)22(28)19-11-7-4-8-12-19/h4,7-8,11-12,17-18,20H,3,5-6,9-10,13-16H2,1-2H3,(H,24,27)/t20-/m1/s1. The van der Waals surface area contributed by atoms with Gasteiger partial charge in [0, 0.05) is 37.7 Å². The molecule has 6 nitrogen and oxygen atoms in total. The Morgan fingerprint density at radius 1 is 0.897 bits per heavy atom. The van der Waals surface area contributed by atoms with Gasteiger partial charge in [0.25, 0.3) is 5.91 Å². The molecule has 1 aromatic carbocycles.